The first-order valence-electron chi connectivity index (χ1n) is 7.96. The van der Waals surface area contributed by atoms with Gasteiger partial charge in [0.15, 0.2) is 0 Å². The largest absolute Gasteiger partial charge is 0.371 e. The number of nitrogens with zero attached hydrogens (tertiary/aromatic N) is 1. The molecular weight excluding hydrogens is 244 g/mol. The number of nitrogens with one attached hydrogen (secondary N) is 1. The van der Waals surface area contributed by atoms with E-state index in [2.05, 4.69) is 76.0 Å². The van der Waals surface area contributed by atoms with Crippen molar-refractivity contribution in [1.29, 1.82) is 0 Å². The highest BCUT2D eigenvalue weighted by molar-refractivity contribution is 5.53. The van der Waals surface area contributed by atoms with Crippen LogP contribution in [0.2, 0.25) is 0 Å². The molecule has 1 atom stereocenters. The maximum absolute atomic E-state index is 3.64. The van der Waals surface area contributed by atoms with Crippen LogP contribution in [0.25, 0.3) is 0 Å². The molecule has 1 unspecified atom stereocenters. The Morgan fingerprint density at radius 1 is 1.20 bits per heavy atom. The monoisotopic (exact) mass is 276 g/mol. The van der Waals surface area contributed by atoms with Gasteiger partial charge in [-0.1, -0.05) is 39.0 Å². The predicted molar refractivity (Wildman–Crippen MR) is 90.6 cm³/mol. The number of para-hydroxylation sites is 1. The first-order chi connectivity index (χ1) is 9.42. The molecule has 2 heteroatoms. The summed E-state index contributed by atoms with van der Waals surface area (Å²) in [4.78, 5) is 2.50. The van der Waals surface area contributed by atoms with Crippen LogP contribution in [-0.2, 0) is 0 Å². The molecule has 1 aromatic carbocycles. The fraction of sp³-hybridized carbons (Fsp3) is 0.667. The molecule has 0 heterocycles. The molecular formula is C18H32N2. The van der Waals surface area contributed by atoms with Gasteiger partial charge in [-0.2, -0.15) is 0 Å². The Morgan fingerprint density at radius 2 is 1.85 bits per heavy atom. The molecule has 1 N–H and O–H groups in total. The average molecular weight is 276 g/mol. The molecule has 0 saturated heterocycles. The van der Waals surface area contributed by atoms with E-state index in [1.54, 1.807) is 0 Å². The summed E-state index contributed by atoms with van der Waals surface area (Å²) in [5.41, 5.74) is 2.97. The second-order valence-electron chi connectivity index (χ2n) is 6.47. The summed E-state index contributed by atoms with van der Waals surface area (Å²) < 4.78 is 0. The molecule has 0 aliphatic carbocycles. The van der Waals surface area contributed by atoms with E-state index in [4.69, 9.17) is 0 Å². The van der Waals surface area contributed by atoms with E-state index >= 15 is 0 Å². The second-order valence-corrected chi connectivity index (χ2v) is 6.47. The van der Waals surface area contributed by atoms with Gasteiger partial charge in [-0.3, -0.25) is 0 Å². The number of hydrogen-bond donors (Lipinski definition) is 1. The first-order valence-corrected chi connectivity index (χ1v) is 7.96. The van der Waals surface area contributed by atoms with Crippen molar-refractivity contribution >= 4 is 5.69 Å². The van der Waals surface area contributed by atoms with E-state index in [1.807, 2.05) is 0 Å². The molecule has 1 aromatic rings. The lowest BCUT2D eigenvalue weighted by molar-refractivity contribution is 0.261. The normalized spacial score (nSPS) is 13.3. The summed E-state index contributed by atoms with van der Waals surface area (Å²) in [7, 11) is 0. The third-order valence-corrected chi connectivity index (χ3v) is 4.31. The minimum absolute atomic E-state index is 0.244. The number of rotatable bonds is 8. The quantitative estimate of drug-likeness (QED) is 0.764. The van der Waals surface area contributed by atoms with Crippen LogP contribution < -0.4 is 10.2 Å². The van der Waals surface area contributed by atoms with Crippen molar-refractivity contribution in [3.8, 4) is 0 Å². The van der Waals surface area contributed by atoms with Crippen LogP contribution in [0.5, 0.6) is 0 Å². The second kappa shape index (κ2) is 7.68. The summed E-state index contributed by atoms with van der Waals surface area (Å²) in [5.74, 6) is 0. The van der Waals surface area contributed by atoms with Gasteiger partial charge in [0, 0.05) is 24.8 Å². The molecule has 0 saturated carbocycles. The van der Waals surface area contributed by atoms with Crippen LogP contribution in [0.1, 0.15) is 46.6 Å². The van der Waals surface area contributed by atoms with E-state index in [0.29, 0.717) is 6.04 Å². The third kappa shape index (κ3) is 4.52. The average Bonchev–Trinajstić information content (AvgIpc) is 2.43. The molecule has 0 amide bonds. The van der Waals surface area contributed by atoms with Crippen molar-refractivity contribution in [1.82, 2.24) is 5.32 Å². The Morgan fingerprint density at radius 3 is 2.40 bits per heavy atom. The standard InChI is InChI=1S/C18H32N2/c1-7-13-19-16(4)18(5,6)14-20(8-2)17-12-10-9-11-15(17)3/h9-12,16,19H,7-8,13-14H2,1-6H3. The topological polar surface area (TPSA) is 15.3 Å². The molecule has 1 rings (SSSR count). The highest BCUT2D eigenvalue weighted by atomic mass is 15.1. The molecule has 0 aliphatic heterocycles. The van der Waals surface area contributed by atoms with Crippen molar-refractivity contribution in [3.63, 3.8) is 0 Å². The maximum Gasteiger partial charge on any atom is 0.0396 e. The zero-order valence-electron chi connectivity index (χ0n) is 14.2. The van der Waals surface area contributed by atoms with Crippen molar-refractivity contribution in [3.05, 3.63) is 29.8 Å². The fourth-order valence-electron chi connectivity index (χ4n) is 2.55. The fourth-order valence-corrected chi connectivity index (χ4v) is 2.55. The number of hydrogen-bond acceptors (Lipinski definition) is 2. The van der Waals surface area contributed by atoms with Crippen LogP contribution in [0, 0.1) is 12.3 Å². The van der Waals surface area contributed by atoms with E-state index < -0.39 is 0 Å². The SMILES string of the molecule is CCCNC(C)C(C)(C)CN(CC)c1ccccc1C. The predicted octanol–water partition coefficient (Wildman–Crippen LogP) is 4.24. The van der Waals surface area contributed by atoms with Gasteiger partial charge in [0.05, 0.1) is 0 Å². The van der Waals surface area contributed by atoms with E-state index in [1.165, 1.54) is 17.7 Å². The van der Waals surface area contributed by atoms with Gasteiger partial charge in [0.2, 0.25) is 0 Å². The Hall–Kier alpha value is -1.02. The van der Waals surface area contributed by atoms with Crippen molar-refractivity contribution in [2.45, 2.75) is 54.0 Å². The van der Waals surface area contributed by atoms with Gasteiger partial charge in [-0.05, 0) is 50.8 Å². The van der Waals surface area contributed by atoms with Gasteiger partial charge >= 0.3 is 0 Å². The van der Waals surface area contributed by atoms with Gasteiger partial charge in [-0.25, -0.2) is 0 Å². The summed E-state index contributed by atoms with van der Waals surface area (Å²) in [6.45, 7) is 16.9. The molecule has 0 aromatic heterocycles. The third-order valence-electron chi connectivity index (χ3n) is 4.31. The Kier molecular flexibility index (Phi) is 6.54. The zero-order valence-corrected chi connectivity index (χ0v) is 14.2. The minimum Gasteiger partial charge on any atom is -0.371 e. The van der Waals surface area contributed by atoms with Gasteiger partial charge in [-0.15, -0.1) is 0 Å². The first kappa shape index (κ1) is 17.0. The molecule has 0 aliphatic rings. The summed E-state index contributed by atoms with van der Waals surface area (Å²) in [6, 6.07) is 9.20. The van der Waals surface area contributed by atoms with E-state index in [9.17, 15) is 0 Å². The van der Waals surface area contributed by atoms with E-state index in [-0.39, 0.29) is 5.41 Å². The van der Waals surface area contributed by atoms with Gasteiger partial charge in [0.1, 0.15) is 0 Å². The van der Waals surface area contributed by atoms with Crippen molar-refractivity contribution in [2.24, 2.45) is 5.41 Å². The summed E-state index contributed by atoms with van der Waals surface area (Å²) in [6.07, 6.45) is 1.19. The van der Waals surface area contributed by atoms with Crippen molar-refractivity contribution < 1.29 is 0 Å². The van der Waals surface area contributed by atoms with Crippen LogP contribution in [0.4, 0.5) is 5.69 Å². The van der Waals surface area contributed by atoms with Crippen LogP contribution >= 0.6 is 0 Å². The van der Waals surface area contributed by atoms with Crippen LogP contribution in [0.15, 0.2) is 24.3 Å². The van der Waals surface area contributed by atoms with Crippen LogP contribution in [-0.4, -0.2) is 25.7 Å². The summed E-state index contributed by atoms with van der Waals surface area (Å²) >= 11 is 0. The molecule has 0 spiro atoms. The summed E-state index contributed by atoms with van der Waals surface area (Å²) in [5, 5.41) is 3.64. The molecule has 20 heavy (non-hydrogen) atoms. The molecule has 0 fully saturated rings. The van der Waals surface area contributed by atoms with Gasteiger partial charge in [0.25, 0.3) is 0 Å². The Balaban J connectivity index is 2.79. The zero-order chi connectivity index (χ0) is 15.2. The Bertz CT molecular complexity index is 398. The van der Waals surface area contributed by atoms with Gasteiger partial charge < -0.3 is 10.2 Å². The number of anilines is 1. The number of benzene rings is 1. The molecule has 114 valence electrons. The molecule has 0 bridgehead atoms. The lowest BCUT2D eigenvalue weighted by Gasteiger charge is -2.38. The lowest BCUT2D eigenvalue weighted by atomic mass is 9.84. The maximum atomic E-state index is 3.64. The smallest absolute Gasteiger partial charge is 0.0396 e. The number of aryl methyl sites for hydroxylation is 1. The Labute approximate surface area is 125 Å². The van der Waals surface area contributed by atoms with Crippen molar-refractivity contribution in [2.75, 3.05) is 24.5 Å². The van der Waals surface area contributed by atoms with Crippen LogP contribution in [0.3, 0.4) is 0 Å². The highest BCUT2D eigenvalue weighted by Gasteiger charge is 2.28. The van der Waals surface area contributed by atoms with E-state index in [0.717, 1.165) is 19.6 Å². The molecule has 2 nitrogen and oxygen atoms in total. The minimum atomic E-state index is 0.244. The lowest BCUT2D eigenvalue weighted by Crippen LogP contribution is -2.47. The molecule has 0 radical (unpaired) electrons. The highest BCUT2D eigenvalue weighted by Crippen LogP contribution is 2.27.